The average Bonchev–Trinajstić information content (AvgIpc) is 2.79. The Balaban J connectivity index is 1.85. The molecular weight excluding hydrogens is 402 g/mol. The summed E-state index contributed by atoms with van der Waals surface area (Å²) >= 11 is 6.07. The van der Waals surface area contributed by atoms with E-state index in [1.165, 1.54) is 0 Å². The van der Waals surface area contributed by atoms with E-state index >= 15 is 0 Å². The monoisotopic (exact) mass is 417 g/mol. The van der Waals surface area contributed by atoms with Gasteiger partial charge in [-0.25, -0.2) is 0 Å². The SMILES string of the molecule is COc1ccc(-c2oc3ccc(Cl)cc3c(=O)c2OCc2ccccc2C#N)cc1. The van der Waals surface area contributed by atoms with Crippen molar-refractivity contribution in [2.75, 3.05) is 7.11 Å². The second-order valence-electron chi connectivity index (χ2n) is 6.52. The van der Waals surface area contributed by atoms with Gasteiger partial charge in [-0.2, -0.15) is 5.26 Å². The molecule has 0 saturated heterocycles. The lowest BCUT2D eigenvalue weighted by Gasteiger charge is -2.13. The number of ether oxygens (including phenoxy) is 2. The van der Waals surface area contributed by atoms with Crippen LogP contribution in [0.5, 0.6) is 11.5 Å². The van der Waals surface area contributed by atoms with Gasteiger partial charge in [0.2, 0.25) is 11.2 Å². The van der Waals surface area contributed by atoms with E-state index in [4.69, 9.17) is 25.5 Å². The predicted octanol–water partition coefficient (Wildman–Crippen LogP) is 5.57. The Morgan fingerprint density at radius 3 is 2.57 bits per heavy atom. The summed E-state index contributed by atoms with van der Waals surface area (Å²) in [7, 11) is 1.58. The number of hydrogen-bond donors (Lipinski definition) is 0. The second-order valence-corrected chi connectivity index (χ2v) is 6.95. The minimum atomic E-state index is -0.334. The van der Waals surface area contributed by atoms with Gasteiger partial charge in [0.05, 0.1) is 24.1 Å². The van der Waals surface area contributed by atoms with Crippen LogP contribution in [0.15, 0.2) is 75.9 Å². The van der Waals surface area contributed by atoms with Gasteiger partial charge in [0.1, 0.15) is 17.9 Å². The van der Waals surface area contributed by atoms with Crippen LogP contribution in [0.2, 0.25) is 5.02 Å². The summed E-state index contributed by atoms with van der Waals surface area (Å²) in [6.45, 7) is 0.0454. The highest BCUT2D eigenvalue weighted by molar-refractivity contribution is 6.31. The molecule has 1 heterocycles. The summed E-state index contributed by atoms with van der Waals surface area (Å²) in [5.41, 5.74) is 1.88. The molecule has 0 aliphatic rings. The maximum Gasteiger partial charge on any atom is 0.235 e. The first-order valence-corrected chi connectivity index (χ1v) is 9.50. The minimum absolute atomic E-state index is 0.0454. The zero-order valence-corrected chi connectivity index (χ0v) is 16.8. The zero-order valence-electron chi connectivity index (χ0n) is 16.0. The fraction of sp³-hybridized carbons (Fsp3) is 0.0833. The molecule has 0 amide bonds. The Bertz CT molecular complexity index is 1320. The number of rotatable bonds is 5. The van der Waals surface area contributed by atoms with Crippen LogP contribution < -0.4 is 14.9 Å². The summed E-state index contributed by atoms with van der Waals surface area (Å²) in [6.07, 6.45) is 0. The molecule has 4 rings (SSSR count). The van der Waals surface area contributed by atoms with Crippen molar-refractivity contribution in [2.45, 2.75) is 6.61 Å². The molecule has 1 aromatic heterocycles. The van der Waals surface area contributed by atoms with Crippen molar-refractivity contribution in [3.05, 3.63) is 93.1 Å². The van der Waals surface area contributed by atoms with Gasteiger partial charge in [-0.15, -0.1) is 0 Å². The normalized spacial score (nSPS) is 10.6. The Morgan fingerprint density at radius 2 is 1.83 bits per heavy atom. The lowest BCUT2D eigenvalue weighted by Crippen LogP contribution is -2.11. The average molecular weight is 418 g/mol. The van der Waals surface area contributed by atoms with Crippen LogP contribution >= 0.6 is 11.6 Å². The quantitative estimate of drug-likeness (QED) is 0.424. The number of benzene rings is 3. The molecule has 0 aliphatic heterocycles. The number of nitrogens with zero attached hydrogens (tertiary/aromatic N) is 1. The number of halogens is 1. The molecule has 148 valence electrons. The third-order valence-corrected chi connectivity index (χ3v) is 4.91. The minimum Gasteiger partial charge on any atom is -0.497 e. The summed E-state index contributed by atoms with van der Waals surface area (Å²) in [5.74, 6) is 1.04. The molecule has 5 nitrogen and oxygen atoms in total. The maximum absolute atomic E-state index is 13.2. The molecule has 0 saturated carbocycles. The summed E-state index contributed by atoms with van der Waals surface area (Å²) < 4.78 is 17.2. The molecule has 6 heteroatoms. The van der Waals surface area contributed by atoms with Crippen LogP contribution in [0.25, 0.3) is 22.3 Å². The van der Waals surface area contributed by atoms with Gasteiger partial charge >= 0.3 is 0 Å². The summed E-state index contributed by atoms with van der Waals surface area (Å²) in [4.78, 5) is 13.2. The second kappa shape index (κ2) is 8.32. The van der Waals surface area contributed by atoms with E-state index in [-0.39, 0.29) is 17.8 Å². The maximum atomic E-state index is 13.2. The number of nitriles is 1. The number of fused-ring (bicyclic) bond motifs is 1. The van der Waals surface area contributed by atoms with Gasteiger partial charge in [0.15, 0.2) is 5.76 Å². The Hall–Kier alpha value is -3.75. The molecule has 0 aliphatic carbocycles. The fourth-order valence-electron chi connectivity index (χ4n) is 3.12. The van der Waals surface area contributed by atoms with Crippen LogP contribution in [0.1, 0.15) is 11.1 Å². The molecule has 0 N–H and O–H groups in total. The van der Waals surface area contributed by atoms with E-state index in [2.05, 4.69) is 6.07 Å². The van der Waals surface area contributed by atoms with E-state index < -0.39 is 0 Å². The molecule has 4 aromatic rings. The van der Waals surface area contributed by atoms with Crippen LogP contribution in [-0.2, 0) is 6.61 Å². The summed E-state index contributed by atoms with van der Waals surface area (Å²) in [6, 6.07) is 21.2. The van der Waals surface area contributed by atoms with E-state index in [0.717, 1.165) is 0 Å². The topological polar surface area (TPSA) is 72.5 Å². The molecular formula is C24H16ClNO4. The van der Waals surface area contributed by atoms with Crippen molar-refractivity contribution < 1.29 is 13.9 Å². The third-order valence-electron chi connectivity index (χ3n) is 4.67. The van der Waals surface area contributed by atoms with E-state index in [1.807, 2.05) is 6.07 Å². The molecule has 0 unspecified atom stereocenters. The Morgan fingerprint density at radius 1 is 1.07 bits per heavy atom. The van der Waals surface area contributed by atoms with Crippen molar-refractivity contribution in [1.29, 1.82) is 5.26 Å². The Labute approximate surface area is 177 Å². The highest BCUT2D eigenvalue weighted by atomic mass is 35.5. The molecule has 0 spiro atoms. The van der Waals surface area contributed by atoms with Crippen molar-refractivity contribution in [1.82, 2.24) is 0 Å². The zero-order chi connectivity index (χ0) is 21.1. The summed E-state index contributed by atoms with van der Waals surface area (Å²) in [5, 5.41) is 10.1. The van der Waals surface area contributed by atoms with Crippen molar-refractivity contribution in [2.24, 2.45) is 0 Å². The standard InChI is InChI=1S/C24H16ClNO4/c1-28-19-9-6-15(7-10-19)23-24(29-14-17-5-3-2-4-16(17)13-26)22(27)20-12-18(25)8-11-21(20)30-23/h2-12H,14H2,1H3. The number of methoxy groups -OCH3 is 1. The Kier molecular flexibility index (Phi) is 5.42. The highest BCUT2D eigenvalue weighted by Crippen LogP contribution is 2.33. The lowest BCUT2D eigenvalue weighted by atomic mass is 10.1. The molecule has 0 fully saturated rings. The molecule has 30 heavy (non-hydrogen) atoms. The molecule has 0 bridgehead atoms. The van der Waals surface area contributed by atoms with E-state index in [1.54, 1.807) is 67.8 Å². The molecule has 0 atom stereocenters. The molecule has 0 radical (unpaired) electrons. The van der Waals surface area contributed by atoms with Gasteiger partial charge in [-0.3, -0.25) is 4.79 Å². The van der Waals surface area contributed by atoms with Crippen LogP contribution in [0.4, 0.5) is 0 Å². The van der Waals surface area contributed by atoms with Crippen molar-refractivity contribution in [3.63, 3.8) is 0 Å². The highest BCUT2D eigenvalue weighted by Gasteiger charge is 2.19. The third kappa shape index (κ3) is 3.73. The van der Waals surface area contributed by atoms with Gasteiger partial charge in [0, 0.05) is 16.1 Å². The van der Waals surface area contributed by atoms with Gasteiger partial charge in [-0.1, -0.05) is 29.8 Å². The van der Waals surface area contributed by atoms with Gasteiger partial charge in [-0.05, 0) is 48.5 Å². The van der Waals surface area contributed by atoms with Crippen LogP contribution in [0, 0.1) is 11.3 Å². The predicted molar refractivity (Wildman–Crippen MR) is 115 cm³/mol. The smallest absolute Gasteiger partial charge is 0.235 e. The largest absolute Gasteiger partial charge is 0.497 e. The van der Waals surface area contributed by atoms with Crippen molar-refractivity contribution in [3.8, 4) is 28.9 Å². The number of hydrogen-bond acceptors (Lipinski definition) is 5. The first-order chi connectivity index (χ1) is 14.6. The van der Waals surface area contributed by atoms with Gasteiger partial charge < -0.3 is 13.9 Å². The van der Waals surface area contributed by atoms with Crippen LogP contribution in [-0.4, -0.2) is 7.11 Å². The first kappa shape index (κ1) is 19.6. The van der Waals surface area contributed by atoms with E-state index in [9.17, 15) is 10.1 Å². The first-order valence-electron chi connectivity index (χ1n) is 9.12. The van der Waals surface area contributed by atoms with Crippen LogP contribution in [0.3, 0.4) is 0 Å². The lowest BCUT2D eigenvalue weighted by molar-refractivity contribution is 0.297. The van der Waals surface area contributed by atoms with E-state index in [0.29, 0.717) is 44.2 Å². The van der Waals surface area contributed by atoms with Gasteiger partial charge in [0.25, 0.3) is 0 Å². The molecule has 3 aromatic carbocycles. The van der Waals surface area contributed by atoms with Crippen molar-refractivity contribution >= 4 is 22.6 Å². The fourth-order valence-corrected chi connectivity index (χ4v) is 3.29.